The molecule has 1 fully saturated rings. The van der Waals surface area contributed by atoms with Crippen molar-refractivity contribution < 1.29 is 23.5 Å². The van der Waals surface area contributed by atoms with Crippen LogP contribution in [0, 0.1) is 5.82 Å². The second-order valence-corrected chi connectivity index (χ2v) is 7.41. The van der Waals surface area contributed by atoms with Crippen LogP contribution in [0.25, 0.3) is 5.65 Å². The van der Waals surface area contributed by atoms with Gasteiger partial charge >= 0.3 is 12.1 Å². The SMILES string of the molecule is CC.CCOC(=O)c1cnn2cc(F)c(N3CCN(C(=O)OC(C)(C)C)CC3)nc12. The van der Waals surface area contributed by atoms with Crippen molar-refractivity contribution in [1.82, 2.24) is 19.5 Å². The topological polar surface area (TPSA) is 89.3 Å². The zero-order valence-corrected chi connectivity index (χ0v) is 18.4. The standard InChI is InChI=1S/C18H24FN5O4.C2H6/c1-5-27-16(25)12-10-20-24-11-13(19)15(21-14(12)24)22-6-8-23(9-7-22)17(26)28-18(2,3)4;1-2/h10-11H,5-9H2,1-4H3;1-2H3. The van der Waals surface area contributed by atoms with Gasteiger partial charge in [0.05, 0.1) is 19.0 Å². The molecule has 0 atom stereocenters. The lowest BCUT2D eigenvalue weighted by Crippen LogP contribution is -2.50. The molecule has 2 aromatic rings. The van der Waals surface area contributed by atoms with Crippen molar-refractivity contribution in [2.45, 2.75) is 47.1 Å². The van der Waals surface area contributed by atoms with Crippen LogP contribution in [0.15, 0.2) is 12.4 Å². The second-order valence-electron chi connectivity index (χ2n) is 7.41. The Morgan fingerprint density at radius 2 is 1.80 bits per heavy atom. The molecule has 1 saturated heterocycles. The molecule has 0 aliphatic carbocycles. The van der Waals surface area contributed by atoms with Crippen molar-refractivity contribution in [2.24, 2.45) is 0 Å². The second kappa shape index (κ2) is 9.73. The number of rotatable bonds is 3. The van der Waals surface area contributed by atoms with Crippen molar-refractivity contribution >= 4 is 23.5 Å². The summed E-state index contributed by atoms with van der Waals surface area (Å²) in [4.78, 5) is 31.8. The van der Waals surface area contributed by atoms with Gasteiger partial charge in [-0.2, -0.15) is 5.10 Å². The van der Waals surface area contributed by atoms with Gasteiger partial charge < -0.3 is 19.3 Å². The number of carbonyl (C=O) groups is 2. The molecule has 1 aliphatic heterocycles. The quantitative estimate of drug-likeness (QED) is 0.701. The summed E-state index contributed by atoms with van der Waals surface area (Å²) in [6.07, 6.45) is 2.10. The van der Waals surface area contributed by atoms with Gasteiger partial charge in [-0.3, -0.25) is 0 Å². The molecule has 3 heterocycles. The molecule has 2 aromatic heterocycles. The minimum atomic E-state index is -0.571. The summed E-state index contributed by atoms with van der Waals surface area (Å²) in [5.74, 6) is -1.00. The summed E-state index contributed by atoms with van der Waals surface area (Å²) in [5.41, 5.74) is -0.168. The molecule has 9 nitrogen and oxygen atoms in total. The van der Waals surface area contributed by atoms with Gasteiger partial charge in [0.1, 0.15) is 11.2 Å². The molecule has 0 spiro atoms. The highest BCUT2D eigenvalue weighted by Crippen LogP contribution is 2.22. The Bertz CT molecular complexity index is 885. The Hall–Kier alpha value is -2.91. The number of fused-ring (bicyclic) bond motifs is 1. The summed E-state index contributed by atoms with van der Waals surface area (Å²) < 4.78 is 26.1. The van der Waals surface area contributed by atoms with Crippen LogP contribution in [-0.4, -0.2) is 69.9 Å². The minimum absolute atomic E-state index is 0.113. The zero-order valence-electron chi connectivity index (χ0n) is 18.4. The number of hydrogen-bond donors (Lipinski definition) is 0. The van der Waals surface area contributed by atoms with Gasteiger partial charge in [-0.15, -0.1) is 0 Å². The number of esters is 1. The average Bonchev–Trinajstić information content (AvgIpc) is 3.10. The lowest BCUT2D eigenvalue weighted by atomic mass is 10.2. The van der Waals surface area contributed by atoms with Gasteiger partial charge in [0.25, 0.3) is 0 Å². The van der Waals surface area contributed by atoms with E-state index in [4.69, 9.17) is 9.47 Å². The third-order valence-corrected chi connectivity index (χ3v) is 4.16. The van der Waals surface area contributed by atoms with Gasteiger partial charge in [-0.05, 0) is 27.7 Å². The van der Waals surface area contributed by atoms with Gasteiger partial charge in [-0.1, -0.05) is 13.8 Å². The number of piperazine rings is 1. The van der Waals surface area contributed by atoms with Gasteiger partial charge in [0.15, 0.2) is 17.3 Å². The Morgan fingerprint density at radius 1 is 1.17 bits per heavy atom. The third kappa shape index (κ3) is 5.37. The van der Waals surface area contributed by atoms with E-state index < -0.39 is 23.5 Å². The molecular formula is C20H30FN5O4. The highest BCUT2D eigenvalue weighted by molar-refractivity contribution is 5.95. The lowest BCUT2D eigenvalue weighted by Gasteiger charge is -2.36. The predicted octanol–water partition coefficient (Wildman–Crippen LogP) is 3.13. The normalized spacial score (nSPS) is 14.2. The molecule has 0 saturated carbocycles. The molecule has 3 rings (SSSR count). The van der Waals surface area contributed by atoms with E-state index in [1.54, 1.807) is 16.7 Å². The first-order valence-electron chi connectivity index (χ1n) is 10.1. The molecule has 0 N–H and O–H groups in total. The number of amides is 1. The van der Waals surface area contributed by atoms with E-state index in [2.05, 4.69) is 10.1 Å². The average molecular weight is 423 g/mol. The van der Waals surface area contributed by atoms with Crippen molar-refractivity contribution in [3.05, 3.63) is 23.8 Å². The smallest absolute Gasteiger partial charge is 0.410 e. The maximum Gasteiger partial charge on any atom is 0.410 e. The Balaban J connectivity index is 0.00000155. The third-order valence-electron chi connectivity index (χ3n) is 4.16. The monoisotopic (exact) mass is 423 g/mol. The highest BCUT2D eigenvalue weighted by Gasteiger charge is 2.28. The summed E-state index contributed by atoms with van der Waals surface area (Å²) in [6, 6.07) is 0. The predicted molar refractivity (Wildman–Crippen MR) is 110 cm³/mol. The summed E-state index contributed by atoms with van der Waals surface area (Å²) in [5, 5.41) is 3.96. The van der Waals surface area contributed by atoms with Crippen LogP contribution < -0.4 is 4.90 Å². The van der Waals surface area contributed by atoms with Gasteiger partial charge in [0, 0.05) is 26.2 Å². The molecule has 1 aliphatic rings. The molecule has 10 heteroatoms. The zero-order chi connectivity index (χ0) is 22.5. The van der Waals surface area contributed by atoms with E-state index in [-0.39, 0.29) is 23.6 Å². The van der Waals surface area contributed by atoms with Gasteiger partial charge in [-0.25, -0.2) is 23.5 Å². The molecule has 166 valence electrons. The van der Waals surface area contributed by atoms with Crippen LogP contribution in [0.5, 0.6) is 0 Å². The Labute approximate surface area is 175 Å². The minimum Gasteiger partial charge on any atom is -0.462 e. The molecule has 30 heavy (non-hydrogen) atoms. The van der Waals surface area contributed by atoms with Crippen molar-refractivity contribution in [2.75, 3.05) is 37.7 Å². The highest BCUT2D eigenvalue weighted by atomic mass is 19.1. The van der Waals surface area contributed by atoms with Crippen molar-refractivity contribution in [1.29, 1.82) is 0 Å². The van der Waals surface area contributed by atoms with Crippen molar-refractivity contribution in [3.63, 3.8) is 0 Å². The number of nitrogens with zero attached hydrogens (tertiary/aromatic N) is 5. The van der Waals surface area contributed by atoms with Crippen LogP contribution in [0.1, 0.15) is 51.9 Å². The lowest BCUT2D eigenvalue weighted by molar-refractivity contribution is 0.0240. The van der Waals surface area contributed by atoms with Gasteiger partial charge in [0.2, 0.25) is 0 Å². The fourth-order valence-corrected chi connectivity index (χ4v) is 2.88. The molecule has 0 aromatic carbocycles. The van der Waals surface area contributed by atoms with E-state index in [0.29, 0.717) is 26.2 Å². The van der Waals surface area contributed by atoms with Crippen LogP contribution >= 0.6 is 0 Å². The van der Waals surface area contributed by atoms with E-state index in [1.165, 1.54) is 16.9 Å². The fraction of sp³-hybridized carbons (Fsp3) is 0.600. The summed E-state index contributed by atoms with van der Waals surface area (Å²) in [6.45, 7) is 12.9. The summed E-state index contributed by atoms with van der Waals surface area (Å²) >= 11 is 0. The van der Waals surface area contributed by atoms with Crippen LogP contribution in [0.2, 0.25) is 0 Å². The fourth-order valence-electron chi connectivity index (χ4n) is 2.88. The number of hydrogen-bond acceptors (Lipinski definition) is 7. The molecule has 0 unspecified atom stereocenters. The van der Waals surface area contributed by atoms with Crippen LogP contribution in [0.4, 0.5) is 15.0 Å². The number of ether oxygens (including phenoxy) is 2. The van der Waals surface area contributed by atoms with E-state index in [0.717, 1.165) is 0 Å². The summed E-state index contributed by atoms with van der Waals surface area (Å²) in [7, 11) is 0. The van der Waals surface area contributed by atoms with E-state index in [9.17, 15) is 14.0 Å². The van der Waals surface area contributed by atoms with Crippen LogP contribution in [0.3, 0.4) is 0 Å². The van der Waals surface area contributed by atoms with E-state index in [1.807, 2.05) is 34.6 Å². The molecule has 1 amide bonds. The Kier molecular flexibility index (Phi) is 7.58. The number of aromatic nitrogens is 3. The maximum absolute atomic E-state index is 14.6. The first-order valence-corrected chi connectivity index (χ1v) is 10.1. The van der Waals surface area contributed by atoms with E-state index >= 15 is 0 Å². The number of anilines is 1. The van der Waals surface area contributed by atoms with Crippen molar-refractivity contribution in [3.8, 4) is 0 Å². The first-order chi connectivity index (χ1) is 14.2. The number of halogens is 1. The largest absolute Gasteiger partial charge is 0.462 e. The molecular weight excluding hydrogens is 393 g/mol. The molecule has 0 radical (unpaired) electrons. The molecule has 0 bridgehead atoms. The maximum atomic E-state index is 14.6. The Morgan fingerprint density at radius 3 is 2.37 bits per heavy atom. The number of carbonyl (C=O) groups excluding carboxylic acids is 2. The van der Waals surface area contributed by atoms with Crippen LogP contribution in [-0.2, 0) is 9.47 Å². The first kappa shape index (κ1) is 23.4.